The van der Waals surface area contributed by atoms with Gasteiger partial charge in [-0.15, -0.1) is 0 Å². The predicted molar refractivity (Wildman–Crippen MR) is 99.9 cm³/mol. The monoisotopic (exact) mass is 372 g/mol. The number of aliphatic hydroxyl groups excluding tert-OH is 1. The van der Waals surface area contributed by atoms with E-state index in [0.717, 1.165) is 29.9 Å². The summed E-state index contributed by atoms with van der Waals surface area (Å²) in [6.07, 6.45) is 0.942. The molecule has 7 nitrogen and oxygen atoms in total. The van der Waals surface area contributed by atoms with Crippen molar-refractivity contribution in [3.8, 4) is 17.2 Å². The van der Waals surface area contributed by atoms with Crippen molar-refractivity contribution >= 4 is 5.91 Å². The lowest BCUT2D eigenvalue weighted by atomic mass is 10.0. The van der Waals surface area contributed by atoms with Crippen molar-refractivity contribution in [3.05, 3.63) is 53.1 Å². The van der Waals surface area contributed by atoms with Gasteiger partial charge in [0.2, 0.25) is 6.79 Å². The van der Waals surface area contributed by atoms with Crippen LogP contribution < -0.4 is 20.5 Å². The summed E-state index contributed by atoms with van der Waals surface area (Å²) in [5.41, 5.74) is 6.91. The molecule has 2 atom stereocenters. The third-order valence-corrected chi connectivity index (χ3v) is 4.63. The van der Waals surface area contributed by atoms with E-state index < -0.39 is 12.0 Å². The van der Waals surface area contributed by atoms with Gasteiger partial charge in [0.05, 0.1) is 11.7 Å². The van der Waals surface area contributed by atoms with E-state index in [9.17, 15) is 15.0 Å². The molecule has 0 saturated heterocycles. The molecule has 2 unspecified atom stereocenters. The highest BCUT2D eigenvalue weighted by molar-refractivity contribution is 5.95. The zero-order chi connectivity index (χ0) is 19.4. The summed E-state index contributed by atoms with van der Waals surface area (Å²) in [5.74, 6) is 0.633. The Morgan fingerprint density at radius 3 is 2.78 bits per heavy atom. The minimum atomic E-state index is -0.809. The lowest BCUT2D eigenvalue weighted by Gasteiger charge is -2.18. The maximum Gasteiger partial charge on any atom is 0.252 e. The van der Waals surface area contributed by atoms with Gasteiger partial charge in [0.25, 0.3) is 5.91 Å². The predicted octanol–water partition coefficient (Wildman–Crippen LogP) is 1.86. The number of nitrogens with two attached hydrogens (primary N) is 1. The van der Waals surface area contributed by atoms with Gasteiger partial charge in [0.15, 0.2) is 11.5 Å². The zero-order valence-electron chi connectivity index (χ0n) is 15.1. The Labute approximate surface area is 157 Å². The van der Waals surface area contributed by atoms with Gasteiger partial charge in [-0.2, -0.15) is 0 Å². The van der Waals surface area contributed by atoms with Gasteiger partial charge in [-0.1, -0.05) is 12.1 Å². The molecule has 2 aromatic carbocycles. The Kier molecular flexibility index (Phi) is 5.83. The van der Waals surface area contributed by atoms with Gasteiger partial charge in [-0.3, -0.25) is 4.79 Å². The summed E-state index contributed by atoms with van der Waals surface area (Å²) < 4.78 is 10.7. The number of benzene rings is 2. The van der Waals surface area contributed by atoms with E-state index >= 15 is 0 Å². The fourth-order valence-electron chi connectivity index (χ4n) is 2.97. The Morgan fingerprint density at radius 2 is 2.00 bits per heavy atom. The van der Waals surface area contributed by atoms with E-state index in [1.165, 1.54) is 12.1 Å². The average Bonchev–Trinajstić information content (AvgIpc) is 3.12. The highest BCUT2D eigenvalue weighted by Gasteiger charge is 2.15. The number of aryl methyl sites for hydroxylation is 1. The van der Waals surface area contributed by atoms with E-state index in [-0.39, 0.29) is 24.1 Å². The lowest BCUT2D eigenvalue weighted by molar-refractivity contribution is 0.0997. The molecular weight excluding hydrogens is 348 g/mol. The number of hydrogen-bond acceptors (Lipinski definition) is 6. The minimum absolute atomic E-state index is 0.00223. The number of hydrogen-bond donors (Lipinski definition) is 4. The second-order valence-corrected chi connectivity index (χ2v) is 6.69. The van der Waals surface area contributed by atoms with Crippen LogP contribution in [0.5, 0.6) is 17.2 Å². The minimum Gasteiger partial charge on any atom is -0.507 e. The van der Waals surface area contributed by atoms with Crippen molar-refractivity contribution in [2.24, 2.45) is 5.73 Å². The van der Waals surface area contributed by atoms with Crippen LogP contribution in [0.4, 0.5) is 0 Å². The topological polar surface area (TPSA) is 114 Å². The van der Waals surface area contributed by atoms with Crippen LogP contribution in [-0.2, 0) is 6.42 Å². The van der Waals surface area contributed by atoms with Gasteiger partial charge in [-0.25, -0.2) is 0 Å². The summed E-state index contributed by atoms with van der Waals surface area (Å²) in [5, 5.41) is 23.2. The number of amides is 1. The number of carbonyl (C=O) groups is 1. The van der Waals surface area contributed by atoms with Crippen LogP contribution in [0.25, 0.3) is 0 Å². The first kappa shape index (κ1) is 19.0. The van der Waals surface area contributed by atoms with Crippen LogP contribution in [0.2, 0.25) is 0 Å². The first-order valence-electron chi connectivity index (χ1n) is 8.86. The van der Waals surface area contributed by atoms with Crippen molar-refractivity contribution in [2.75, 3.05) is 13.3 Å². The van der Waals surface area contributed by atoms with Gasteiger partial charge < -0.3 is 30.7 Å². The van der Waals surface area contributed by atoms with E-state index in [4.69, 9.17) is 15.2 Å². The first-order valence-corrected chi connectivity index (χ1v) is 8.86. The molecule has 1 aliphatic rings. The van der Waals surface area contributed by atoms with E-state index in [1.54, 1.807) is 6.07 Å². The molecule has 1 aliphatic heterocycles. The molecule has 144 valence electrons. The number of nitrogens with one attached hydrogen (secondary N) is 1. The summed E-state index contributed by atoms with van der Waals surface area (Å²) in [4.78, 5) is 11.3. The number of aromatic hydroxyl groups is 1. The molecule has 2 aromatic rings. The van der Waals surface area contributed by atoms with Crippen molar-refractivity contribution in [1.29, 1.82) is 0 Å². The zero-order valence-corrected chi connectivity index (χ0v) is 15.1. The third-order valence-electron chi connectivity index (χ3n) is 4.63. The van der Waals surface area contributed by atoms with Gasteiger partial charge >= 0.3 is 0 Å². The largest absolute Gasteiger partial charge is 0.507 e. The SMILES string of the molecule is CC(CCc1ccc2c(c1)OCO2)NCC(O)c1ccc(O)c(C(N)=O)c1. The van der Waals surface area contributed by atoms with Crippen LogP contribution in [0.15, 0.2) is 36.4 Å². The maximum atomic E-state index is 11.3. The summed E-state index contributed by atoms with van der Waals surface area (Å²) in [6.45, 7) is 2.64. The number of phenols is 1. The van der Waals surface area contributed by atoms with Gasteiger partial charge in [-0.05, 0) is 55.2 Å². The van der Waals surface area contributed by atoms with Crippen LogP contribution in [0.3, 0.4) is 0 Å². The molecule has 0 fully saturated rings. The fraction of sp³-hybridized carbons (Fsp3) is 0.350. The van der Waals surface area contributed by atoms with Crippen molar-refractivity contribution < 1.29 is 24.5 Å². The molecule has 3 rings (SSSR count). The highest BCUT2D eigenvalue weighted by atomic mass is 16.7. The summed E-state index contributed by atoms with van der Waals surface area (Å²) in [6, 6.07) is 10.5. The van der Waals surface area contributed by atoms with E-state index in [1.807, 2.05) is 25.1 Å². The van der Waals surface area contributed by atoms with Crippen LogP contribution >= 0.6 is 0 Å². The smallest absolute Gasteiger partial charge is 0.252 e. The fourth-order valence-corrected chi connectivity index (χ4v) is 2.97. The standard InChI is InChI=1S/C20H24N2O5/c1-12(2-3-13-4-7-18-19(8-13)27-11-26-18)22-10-17(24)14-5-6-16(23)15(9-14)20(21)25/h4-9,12,17,22-24H,2-3,10-11H2,1H3,(H2,21,25). The Hall–Kier alpha value is -2.77. The number of primary amides is 1. The molecule has 0 radical (unpaired) electrons. The van der Waals surface area contributed by atoms with Crippen molar-refractivity contribution in [1.82, 2.24) is 5.32 Å². The Balaban J connectivity index is 1.49. The highest BCUT2D eigenvalue weighted by Crippen LogP contribution is 2.32. The van der Waals surface area contributed by atoms with Gasteiger partial charge in [0, 0.05) is 12.6 Å². The third kappa shape index (κ3) is 4.69. The maximum absolute atomic E-state index is 11.3. The molecular formula is C20H24N2O5. The number of aliphatic hydroxyl groups is 1. The molecule has 5 N–H and O–H groups in total. The molecule has 0 aliphatic carbocycles. The molecule has 0 saturated carbocycles. The number of rotatable bonds is 8. The van der Waals surface area contributed by atoms with Crippen LogP contribution in [-0.4, -0.2) is 35.5 Å². The molecule has 0 bridgehead atoms. The average molecular weight is 372 g/mol. The summed E-state index contributed by atoms with van der Waals surface area (Å²) in [7, 11) is 0. The Bertz CT molecular complexity index is 824. The van der Waals surface area contributed by atoms with Crippen LogP contribution in [0, 0.1) is 0 Å². The molecule has 7 heteroatoms. The normalized spacial score (nSPS) is 14.7. The molecule has 1 heterocycles. The number of carbonyl (C=O) groups excluding carboxylic acids is 1. The molecule has 1 amide bonds. The second-order valence-electron chi connectivity index (χ2n) is 6.69. The van der Waals surface area contributed by atoms with Crippen molar-refractivity contribution in [3.63, 3.8) is 0 Å². The molecule has 0 spiro atoms. The molecule has 27 heavy (non-hydrogen) atoms. The van der Waals surface area contributed by atoms with E-state index in [2.05, 4.69) is 5.32 Å². The summed E-state index contributed by atoms with van der Waals surface area (Å²) >= 11 is 0. The molecule has 0 aromatic heterocycles. The van der Waals surface area contributed by atoms with Crippen molar-refractivity contribution in [2.45, 2.75) is 31.9 Å². The van der Waals surface area contributed by atoms with Crippen LogP contribution in [0.1, 0.15) is 40.9 Å². The second kappa shape index (κ2) is 8.28. The number of fused-ring (bicyclic) bond motifs is 1. The lowest BCUT2D eigenvalue weighted by Crippen LogP contribution is -2.31. The first-order chi connectivity index (χ1) is 12.9. The van der Waals surface area contributed by atoms with Gasteiger partial charge in [0.1, 0.15) is 5.75 Å². The quantitative estimate of drug-likeness (QED) is 0.562. The van der Waals surface area contributed by atoms with E-state index in [0.29, 0.717) is 12.1 Å². The Morgan fingerprint density at radius 1 is 1.22 bits per heavy atom. The number of ether oxygens (including phenoxy) is 2.